The third-order valence-electron chi connectivity index (χ3n) is 6.16. The number of hydrogen-bond acceptors (Lipinski definition) is 8. The SMILES string of the molecule is CCOC(=O)CCCNC1CCN(c2nc(-c3cc(F)c(Cl)cc3F)nc3c2CS(O)(O)C3)CC1. The molecule has 8 nitrogen and oxygen atoms in total. The molecule has 0 amide bonds. The van der Waals surface area contributed by atoms with E-state index in [0.29, 0.717) is 56.2 Å². The summed E-state index contributed by atoms with van der Waals surface area (Å²) in [4.78, 5) is 22.4. The zero-order chi connectivity index (χ0) is 25.2. The molecule has 3 N–H and O–H groups in total. The minimum atomic E-state index is -2.90. The highest BCUT2D eigenvalue weighted by molar-refractivity contribution is 8.23. The molecule has 0 unspecified atom stereocenters. The van der Waals surface area contributed by atoms with E-state index in [2.05, 4.69) is 15.3 Å². The van der Waals surface area contributed by atoms with Crippen molar-refractivity contribution < 1.29 is 27.4 Å². The van der Waals surface area contributed by atoms with E-state index in [1.807, 2.05) is 4.90 Å². The van der Waals surface area contributed by atoms with Crippen LogP contribution in [0.2, 0.25) is 5.02 Å². The van der Waals surface area contributed by atoms with Crippen LogP contribution in [0.25, 0.3) is 11.4 Å². The average molecular weight is 531 g/mol. The first-order chi connectivity index (χ1) is 16.7. The van der Waals surface area contributed by atoms with E-state index < -0.39 is 22.2 Å². The van der Waals surface area contributed by atoms with Gasteiger partial charge in [0.1, 0.15) is 17.5 Å². The molecule has 2 aromatic rings. The van der Waals surface area contributed by atoms with E-state index in [-0.39, 0.29) is 39.9 Å². The molecule has 0 saturated carbocycles. The minimum Gasteiger partial charge on any atom is -0.466 e. The van der Waals surface area contributed by atoms with Gasteiger partial charge in [-0.1, -0.05) is 11.6 Å². The lowest BCUT2D eigenvalue weighted by atomic mass is 10.0. The number of benzene rings is 1. The number of anilines is 1. The third kappa shape index (κ3) is 6.21. The van der Waals surface area contributed by atoms with E-state index in [1.54, 1.807) is 6.92 Å². The van der Waals surface area contributed by atoms with Crippen molar-refractivity contribution in [2.45, 2.75) is 50.2 Å². The number of halogens is 3. The molecule has 1 fully saturated rings. The van der Waals surface area contributed by atoms with E-state index in [0.717, 1.165) is 25.0 Å². The summed E-state index contributed by atoms with van der Waals surface area (Å²) in [6, 6.07) is 2.11. The van der Waals surface area contributed by atoms with Crippen molar-refractivity contribution >= 4 is 34.0 Å². The van der Waals surface area contributed by atoms with Gasteiger partial charge in [0.15, 0.2) is 5.82 Å². The zero-order valence-electron chi connectivity index (χ0n) is 19.4. The maximum atomic E-state index is 14.6. The maximum Gasteiger partial charge on any atom is 0.305 e. The Balaban J connectivity index is 1.48. The number of esters is 1. The van der Waals surface area contributed by atoms with Crippen LogP contribution in [0.5, 0.6) is 0 Å². The van der Waals surface area contributed by atoms with Crippen molar-refractivity contribution in [3.05, 3.63) is 40.0 Å². The Morgan fingerprint density at radius 2 is 1.97 bits per heavy atom. The van der Waals surface area contributed by atoms with Crippen molar-refractivity contribution in [1.82, 2.24) is 15.3 Å². The van der Waals surface area contributed by atoms with Crippen LogP contribution < -0.4 is 10.2 Å². The molecular formula is C23H29ClF2N4O4S. The molecule has 2 aliphatic rings. The Morgan fingerprint density at radius 1 is 1.23 bits per heavy atom. The summed E-state index contributed by atoms with van der Waals surface area (Å²) in [6.45, 7) is 4.17. The van der Waals surface area contributed by atoms with E-state index in [1.165, 1.54) is 0 Å². The van der Waals surface area contributed by atoms with Crippen molar-refractivity contribution in [3.8, 4) is 11.4 Å². The molecule has 0 radical (unpaired) electrons. The molecule has 0 spiro atoms. The van der Waals surface area contributed by atoms with Crippen LogP contribution in [0.4, 0.5) is 14.6 Å². The van der Waals surface area contributed by atoms with Crippen LogP contribution in [-0.4, -0.2) is 57.3 Å². The summed E-state index contributed by atoms with van der Waals surface area (Å²) >= 11 is 5.69. The van der Waals surface area contributed by atoms with Crippen LogP contribution in [0.1, 0.15) is 43.9 Å². The van der Waals surface area contributed by atoms with Gasteiger partial charge in [-0.3, -0.25) is 13.9 Å². The fourth-order valence-corrected chi connectivity index (χ4v) is 6.12. The lowest BCUT2D eigenvalue weighted by Crippen LogP contribution is -2.43. The fraction of sp³-hybridized carbons (Fsp3) is 0.522. The van der Waals surface area contributed by atoms with E-state index in [9.17, 15) is 22.7 Å². The molecule has 192 valence electrons. The second-order valence-electron chi connectivity index (χ2n) is 8.76. The van der Waals surface area contributed by atoms with Gasteiger partial charge < -0.3 is 15.0 Å². The van der Waals surface area contributed by atoms with Crippen molar-refractivity contribution in [2.75, 3.05) is 31.1 Å². The van der Waals surface area contributed by atoms with Gasteiger partial charge in [-0.05, 0) is 44.9 Å². The standard InChI is InChI=1S/C23H29ClF2N4O4S/c1-2-34-21(31)4-3-7-27-14-5-8-30(9-6-14)23-16-12-35(32,33)13-20(16)28-22(29-23)15-10-19(26)17(24)11-18(15)25/h10-11,14,27,32-33H,2-9,12-13H2,1H3. The van der Waals surface area contributed by atoms with Gasteiger partial charge in [-0.2, -0.15) is 10.6 Å². The van der Waals surface area contributed by atoms with Crippen LogP contribution >= 0.6 is 22.2 Å². The molecule has 0 aliphatic carbocycles. The number of piperidine rings is 1. The van der Waals surface area contributed by atoms with E-state index in [4.69, 9.17) is 16.3 Å². The third-order valence-corrected chi connectivity index (χ3v) is 7.93. The molecule has 4 rings (SSSR count). The summed E-state index contributed by atoms with van der Waals surface area (Å²) in [5, 5.41) is 3.13. The lowest BCUT2D eigenvalue weighted by molar-refractivity contribution is -0.143. The molecule has 35 heavy (non-hydrogen) atoms. The van der Waals surface area contributed by atoms with Crippen LogP contribution in [0.15, 0.2) is 12.1 Å². The number of rotatable bonds is 8. The number of nitrogens with zero attached hydrogens (tertiary/aromatic N) is 3. The second-order valence-corrected chi connectivity index (χ2v) is 11.3. The average Bonchev–Trinajstić information content (AvgIpc) is 3.13. The molecular weight excluding hydrogens is 502 g/mol. The molecule has 0 atom stereocenters. The summed E-state index contributed by atoms with van der Waals surface area (Å²) in [6.07, 6.45) is 2.70. The Hall–Kier alpha value is -2.05. The maximum absolute atomic E-state index is 14.6. The van der Waals surface area contributed by atoms with E-state index >= 15 is 0 Å². The van der Waals surface area contributed by atoms with Crippen LogP contribution in [-0.2, 0) is 21.0 Å². The quantitative estimate of drug-likeness (QED) is 0.255. The number of nitrogens with one attached hydrogen (secondary N) is 1. The van der Waals surface area contributed by atoms with Gasteiger partial charge in [0.05, 0.1) is 34.4 Å². The Kier molecular flexibility index (Phi) is 8.12. The highest BCUT2D eigenvalue weighted by atomic mass is 35.5. The number of aromatic nitrogens is 2. The number of carbonyl (C=O) groups is 1. The molecule has 0 bridgehead atoms. The zero-order valence-corrected chi connectivity index (χ0v) is 21.0. The van der Waals surface area contributed by atoms with Crippen molar-refractivity contribution in [3.63, 3.8) is 0 Å². The summed E-state index contributed by atoms with van der Waals surface area (Å²) < 4.78 is 54.3. The van der Waals surface area contributed by atoms with Gasteiger partial charge >= 0.3 is 5.97 Å². The molecule has 3 heterocycles. The Bertz CT molecular complexity index is 1100. The molecule has 1 aromatic heterocycles. The summed E-state index contributed by atoms with van der Waals surface area (Å²) in [5.74, 6) is -1.21. The highest BCUT2D eigenvalue weighted by Crippen LogP contribution is 2.54. The first-order valence-corrected chi connectivity index (χ1v) is 13.9. The minimum absolute atomic E-state index is 0.0110. The predicted octanol–water partition coefficient (Wildman–Crippen LogP) is 4.74. The Labute approximate surface area is 209 Å². The van der Waals surface area contributed by atoms with Crippen molar-refractivity contribution in [2.24, 2.45) is 0 Å². The predicted molar refractivity (Wildman–Crippen MR) is 132 cm³/mol. The topological polar surface area (TPSA) is 108 Å². The van der Waals surface area contributed by atoms with Gasteiger partial charge in [-0.25, -0.2) is 18.7 Å². The van der Waals surface area contributed by atoms with Crippen LogP contribution in [0, 0.1) is 11.6 Å². The smallest absolute Gasteiger partial charge is 0.305 e. The first kappa shape index (κ1) is 26.0. The van der Waals surface area contributed by atoms with Crippen molar-refractivity contribution in [1.29, 1.82) is 0 Å². The number of carbonyl (C=O) groups excluding carboxylic acids is 1. The fourth-order valence-electron chi connectivity index (χ4n) is 4.43. The normalized spacial score (nSPS) is 18.4. The Morgan fingerprint density at radius 3 is 2.69 bits per heavy atom. The second kappa shape index (κ2) is 10.9. The molecule has 1 aromatic carbocycles. The number of ether oxygens (including phenoxy) is 1. The molecule has 2 aliphatic heterocycles. The lowest BCUT2D eigenvalue weighted by Gasteiger charge is -2.34. The summed E-state index contributed by atoms with van der Waals surface area (Å²) in [7, 11) is -2.90. The van der Waals surface area contributed by atoms with Gasteiger partial charge in [0, 0.05) is 31.1 Å². The largest absolute Gasteiger partial charge is 0.466 e. The van der Waals surface area contributed by atoms with Gasteiger partial charge in [-0.15, -0.1) is 0 Å². The number of fused-ring (bicyclic) bond motifs is 1. The van der Waals surface area contributed by atoms with Gasteiger partial charge in [0.25, 0.3) is 0 Å². The summed E-state index contributed by atoms with van der Waals surface area (Å²) in [5.41, 5.74) is 0.959. The highest BCUT2D eigenvalue weighted by Gasteiger charge is 2.34. The van der Waals surface area contributed by atoms with Crippen LogP contribution in [0.3, 0.4) is 0 Å². The van der Waals surface area contributed by atoms with Gasteiger partial charge in [0.2, 0.25) is 0 Å². The molecule has 12 heteroatoms. The monoisotopic (exact) mass is 530 g/mol. The first-order valence-electron chi connectivity index (χ1n) is 11.6. The molecule has 1 saturated heterocycles. The number of hydrogen-bond donors (Lipinski definition) is 3.